The molecule has 5 rings (SSSR count). The molecule has 6 amide bonds. The van der Waals surface area contributed by atoms with Crippen molar-refractivity contribution in [2.75, 3.05) is 76.6 Å². The van der Waals surface area contributed by atoms with Crippen LogP contribution in [0.4, 0.5) is 11.4 Å². The number of primary amides is 1. The van der Waals surface area contributed by atoms with Gasteiger partial charge in [-0.2, -0.15) is 0 Å². The third-order valence-electron chi connectivity index (χ3n) is 10.9. The van der Waals surface area contributed by atoms with E-state index >= 15 is 0 Å². The van der Waals surface area contributed by atoms with E-state index in [0.717, 1.165) is 7.11 Å². The number of ether oxygens (including phenoxy) is 1. The molecule has 3 fully saturated rings. The zero-order chi connectivity index (χ0) is 45.4. The number of esters is 1. The minimum atomic E-state index is -4.00. The van der Waals surface area contributed by atoms with Crippen LogP contribution in [0.25, 0.3) is 0 Å². The zero-order valence-electron chi connectivity index (χ0n) is 34.1. The minimum Gasteiger partial charge on any atom is -0.468 e. The van der Waals surface area contributed by atoms with Crippen LogP contribution in [0.5, 0.6) is 0 Å². The topological polar surface area (TPSA) is 315 Å². The number of nitrogens with two attached hydrogens (primary N) is 3. The first-order valence-corrected chi connectivity index (χ1v) is 22.9. The molecule has 3 saturated heterocycles. The number of carbonyl (C=O) groups excluding carboxylic acids is 7. The number of methoxy groups -OCH3 is 1. The molecule has 22 nitrogen and oxygen atoms in total. The SMILES string of the molecule is COC(=O)CN(CCN(CC(=O)Nc1ccc(S(N)(=O)=O)cc1)CC(=O)N1CCC[C@H]1C(=O)N1CCC[C@H]1C(=O)N1CCCC1C(N)=O)CC(=O)Nc1ccc(S(N)(=O)=O)cc1. The summed E-state index contributed by atoms with van der Waals surface area (Å²) >= 11 is 0. The number of sulfonamides is 2. The smallest absolute Gasteiger partial charge is 0.319 e. The quantitative estimate of drug-likeness (QED) is 0.0992. The Morgan fingerprint density at radius 2 is 1.00 bits per heavy atom. The van der Waals surface area contributed by atoms with Gasteiger partial charge in [0.05, 0.1) is 43.1 Å². The van der Waals surface area contributed by atoms with E-state index in [1.165, 1.54) is 73.0 Å². The Hall–Kier alpha value is -5.53. The van der Waals surface area contributed by atoms with Gasteiger partial charge in [0, 0.05) is 44.1 Å². The number of nitrogens with one attached hydrogen (secondary N) is 2. The van der Waals surface area contributed by atoms with Crippen LogP contribution in [-0.2, 0) is 58.3 Å². The molecule has 0 aromatic heterocycles. The summed E-state index contributed by atoms with van der Waals surface area (Å²) in [7, 11) is -6.81. The van der Waals surface area contributed by atoms with Gasteiger partial charge in [-0.15, -0.1) is 0 Å². The van der Waals surface area contributed by atoms with Gasteiger partial charge in [-0.25, -0.2) is 27.1 Å². The molecule has 2 aromatic rings. The van der Waals surface area contributed by atoms with E-state index in [1.807, 2.05) is 0 Å². The highest BCUT2D eigenvalue weighted by Gasteiger charge is 2.45. The first-order valence-electron chi connectivity index (χ1n) is 19.8. The number of nitrogens with zero attached hydrogens (tertiary/aromatic N) is 5. The Morgan fingerprint density at radius 1 is 0.613 bits per heavy atom. The van der Waals surface area contributed by atoms with Crippen LogP contribution in [0.1, 0.15) is 38.5 Å². The van der Waals surface area contributed by atoms with Crippen molar-refractivity contribution in [3.8, 4) is 0 Å². The van der Waals surface area contributed by atoms with E-state index in [9.17, 15) is 50.4 Å². The number of benzene rings is 2. The maximum absolute atomic E-state index is 14.1. The lowest BCUT2D eigenvalue weighted by Crippen LogP contribution is -2.56. The Bertz CT molecular complexity index is 2240. The molecule has 3 atom stereocenters. The predicted octanol–water partition coefficient (Wildman–Crippen LogP) is -2.21. The van der Waals surface area contributed by atoms with Crippen LogP contribution in [0.15, 0.2) is 58.3 Å². The number of hydrogen-bond donors (Lipinski definition) is 5. The van der Waals surface area contributed by atoms with Crippen LogP contribution in [0.2, 0.25) is 0 Å². The number of primary sulfonamides is 2. The highest BCUT2D eigenvalue weighted by Crippen LogP contribution is 2.28. The number of hydrogen-bond acceptors (Lipinski definition) is 14. The van der Waals surface area contributed by atoms with E-state index in [4.69, 9.17) is 20.7 Å². The summed E-state index contributed by atoms with van der Waals surface area (Å²) < 4.78 is 51.5. The summed E-state index contributed by atoms with van der Waals surface area (Å²) in [5.41, 5.74) is 6.03. The summed E-state index contributed by atoms with van der Waals surface area (Å²) in [4.78, 5) is 99.8. The fourth-order valence-electron chi connectivity index (χ4n) is 7.82. The van der Waals surface area contributed by atoms with Crippen LogP contribution in [0.3, 0.4) is 0 Å². The Kier molecular flexibility index (Phi) is 15.8. The largest absolute Gasteiger partial charge is 0.468 e. The van der Waals surface area contributed by atoms with Gasteiger partial charge in [-0.05, 0) is 87.1 Å². The van der Waals surface area contributed by atoms with Gasteiger partial charge >= 0.3 is 5.97 Å². The molecule has 0 saturated carbocycles. The molecule has 0 radical (unpaired) electrons. The summed E-state index contributed by atoms with van der Waals surface area (Å²) in [6.45, 7) is -0.778. The molecular weight excluding hydrogens is 853 g/mol. The Labute approximate surface area is 359 Å². The lowest BCUT2D eigenvalue weighted by molar-refractivity contribution is -0.150. The van der Waals surface area contributed by atoms with Crippen molar-refractivity contribution in [3.05, 3.63) is 48.5 Å². The number of amides is 6. The fourth-order valence-corrected chi connectivity index (χ4v) is 8.85. The standard InChI is InChI=1S/C38H52N10O12S2/c1-60-35(52)24-45(22-33(50)43-26-10-14-28(15-11-26)62(41,58)59)20-19-44(21-32(49)42-25-8-12-27(13-9-25)61(40,56)57)23-34(51)46-16-3-6-30(46)37(54)48-18-4-7-31(48)38(55)47-17-2-5-29(47)36(39)53/h8-15,29-31H,2-7,16-24H2,1H3,(H2,39,53)(H,42,49)(H,43,50)(H2,40,56,57)(H2,41,58,59)/t29?,30-,31-/m0/s1. The van der Waals surface area contributed by atoms with Gasteiger partial charge in [0.25, 0.3) is 0 Å². The molecule has 338 valence electrons. The van der Waals surface area contributed by atoms with Crippen molar-refractivity contribution in [2.24, 2.45) is 16.0 Å². The van der Waals surface area contributed by atoms with Crippen molar-refractivity contribution in [3.63, 3.8) is 0 Å². The van der Waals surface area contributed by atoms with Gasteiger partial charge in [0.1, 0.15) is 18.1 Å². The summed E-state index contributed by atoms with van der Waals surface area (Å²) in [6.07, 6.45) is 2.82. The second-order valence-corrected chi connectivity index (χ2v) is 18.4. The van der Waals surface area contributed by atoms with Crippen LogP contribution >= 0.6 is 0 Å². The number of rotatable bonds is 18. The van der Waals surface area contributed by atoms with E-state index in [0.29, 0.717) is 45.1 Å². The molecule has 3 aliphatic heterocycles. The van der Waals surface area contributed by atoms with Crippen molar-refractivity contribution in [1.82, 2.24) is 24.5 Å². The average molecular weight is 905 g/mol. The molecule has 3 aliphatic rings. The number of anilines is 2. The van der Waals surface area contributed by atoms with Gasteiger partial charge in [0.15, 0.2) is 0 Å². The van der Waals surface area contributed by atoms with E-state index in [2.05, 4.69) is 10.6 Å². The molecule has 0 bridgehead atoms. The number of likely N-dealkylation sites (tertiary alicyclic amines) is 3. The average Bonchev–Trinajstić information content (AvgIpc) is 4.01. The van der Waals surface area contributed by atoms with Gasteiger partial charge in [0.2, 0.25) is 55.5 Å². The van der Waals surface area contributed by atoms with E-state index in [-0.39, 0.29) is 72.9 Å². The predicted molar refractivity (Wildman–Crippen MR) is 221 cm³/mol. The fraction of sp³-hybridized carbons (Fsp3) is 0.500. The molecule has 8 N–H and O–H groups in total. The molecule has 62 heavy (non-hydrogen) atoms. The molecule has 0 aliphatic carbocycles. The minimum absolute atomic E-state index is 0.0563. The first-order chi connectivity index (χ1) is 29.2. The maximum atomic E-state index is 14.1. The highest BCUT2D eigenvalue weighted by atomic mass is 32.2. The van der Waals surface area contributed by atoms with Crippen LogP contribution < -0.4 is 26.6 Å². The molecule has 24 heteroatoms. The van der Waals surface area contributed by atoms with Crippen LogP contribution in [-0.4, -0.2) is 167 Å². The third kappa shape index (κ3) is 12.5. The maximum Gasteiger partial charge on any atom is 0.319 e. The molecular formula is C38H52N10O12S2. The Morgan fingerprint density at radius 3 is 1.42 bits per heavy atom. The monoisotopic (exact) mass is 904 g/mol. The lowest BCUT2D eigenvalue weighted by Gasteiger charge is -2.34. The summed E-state index contributed by atoms with van der Waals surface area (Å²) in [6, 6.07) is 7.73. The van der Waals surface area contributed by atoms with Gasteiger partial charge in [-0.3, -0.25) is 43.4 Å². The molecule has 1 unspecified atom stereocenters. The second-order valence-electron chi connectivity index (χ2n) is 15.3. The molecule has 2 aromatic carbocycles. The summed E-state index contributed by atoms with van der Waals surface area (Å²) in [5, 5.41) is 15.6. The van der Waals surface area contributed by atoms with Gasteiger partial charge < -0.3 is 35.8 Å². The van der Waals surface area contributed by atoms with Crippen molar-refractivity contribution < 1.29 is 55.1 Å². The molecule has 3 heterocycles. The van der Waals surface area contributed by atoms with Gasteiger partial charge in [-0.1, -0.05) is 0 Å². The van der Waals surface area contributed by atoms with E-state index < -0.39 is 80.2 Å². The van der Waals surface area contributed by atoms with Crippen molar-refractivity contribution >= 4 is 72.8 Å². The Balaban J connectivity index is 1.30. The first kappa shape index (κ1) is 47.5. The normalized spacial score (nSPS) is 19.2. The summed E-state index contributed by atoms with van der Waals surface area (Å²) in [5.74, 6) is -3.74. The lowest BCUT2D eigenvalue weighted by atomic mass is 10.1. The molecule has 0 spiro atoms. The van der Waals surface area contributed by atoms with Crippen LogP contribution in [0, 0.1) is 0 Å². The third-order valence-corrected chi connectivity index (χ3v) is 12.7. The second kappa shape index (κ2) is 20.6. The van der Waals surface area contributed by atoms with Crippen molar-refractivity contribution in [1.29, 1.82) is 0 Å². The van der Waals surface area contributed by atoms with Crippen molar-refractivity contribution in [2.45, 2.75) is 66.4 Å². The zero-order valence-corrected chi connectivity index (χ0v) is 35.8. The van der Waals surface area contributed by atoms with E-state index in [1.54, 1.807) is 0 Å². The highest BCUT2D eigenvalue weighted by molar-refractivity contribution is 7.89. The number of carbonyl (C=O) groups is 7.